The highest BCUT2D eigenvalue weighted by molar-refractivity contribution is 5.99. The summed E-state index contributed by atoms with van der Waals surface area (Å²) in [7, 11) is 2.79. The van der Waals surface area contributed by atoms with Crippen LogP contribution < -0.4 is 19.5 Å². The van der Waals surface area contributed by atoms with Gasteiger partial charge >= 0.3 is 12.0 Å². The number of methoxy groups -OCH3 is 2. The van der Waals surface area contributed by atoms with Gasteiger partial charge in [0, 0.05) is 0 Å². The number of halogens is 1. The molecule has 10 heteroatoms. The molecule has 0 bridgehead atoms. The fourth-order valence-corrected chi connectivity index (χ4v) is 2.48. The molecule has 1 amide bonds. The summed E-state index contributed by atoms with van der Waals surface area (Å²) >= 11 is 0. The molecule has 1 aromatic heterocycles. The van der Waals surface area contributed by atoms with Gasteiger partial charge in [-0.05, 0) is 39.3 Å². The summed E-state index contributed by atoms with van der Waals surface area (Å²) < 4.78 is 35.5. The van der Waals surface area contributed by atoms with Crippen LogP contribution in [0, 0.1) is 5.82 Å². The first-order valence-corrected chi connectivity index (χ1v) is 9.55. The number of esters is 1. The predicted octanol–water partition coefficient (Wildman–Crippen LogP) is 3.28. The smallest absolute Gasteiger partial charge is 0.329 e. The van der Waals surface area contributed by atoms with Crippen LogP contribution in [-0.4, -0.2) is 47.7 Å². The zero-order valence-electron chi connectivity index (χ0n) is 18.3. The van der Waals surface area contributed by atoms with Crippen molar-refractivity contribution in [2.75, 3.05) is 14.2 Å². The molecule has 0 aliphatic rings. The highest BCUT2D eigenvalue weighted by Gasteiger charge is 2.28. The van der Waals surface area contributed by atoms with Crippen LogP contribution in [0.3, 0.4) is 0 Å². The summed E-state index contributed by atoms with van der Waals surface area (Å²) in [5.74, 6) is -2.15. The molecular weight excluding hydrogens is 409 g/mol. The standard InChI is InChI=1S/C21H26FN3O6/c1-7-13(19(27)31-21(2,3)4)23-18(26)17-12(22)9-8-10-14(17)30-20-24-15(28-5)11-16(25-20)29-6/h8-11,13H,7H2,1-6H3,(H,23,26)/t13-/m0/s1. The summed E-state index contributed by atoms with van der Waals surface area (Å²) in [5.41, 5.74) is -1.14. The van der Waals surface area contributed by atoms with Crippen molar-refractivity contribution in [3.8, 4) is 23.5 Å². The minimum atomic E-state index is -0.965. The average Bonchev–Trinajstić information content (AvgIpc) is 2.70. The number of aromatic nitrogens is 2. The van der Waals surface area contributed by atoms with E-state index in [0.29, 0.717) is 0 Å². The fourth-order valence-electron chi connectivity index (χ4n) is 2.48. The Hall–Kier alpha value is -3.43. The van der Waals surface area contributed by atoms with E-state index in [4.69, 9.17) is 18.9 Å². The van der Waals surface area contributed by atoms with E-state index in [-0.39, 0.29) is 29.9 Å². The number of amides is 1. The third-order valence-corrected chi connectivity index (χ3v) is 3.89. The molecule has 0 aliphatic heterocycles. The number of benzene rings is 1. The lowest BCUT2D eigenvalue weighted by Gasteiger charge is -2.24. The van der Waals surface area contributed by atoms with E-state index in [0.717, 1.165) is 6.07 Å². The molecule has 168 valence electrons. The van der Waals surface area contributed by atoms with E-state index in [1.54, 1.807) is 27.7 Å². The Morgan fingerprint density at radius 3 is 2.26 bits per heavy atom. The number of hydrogen-bond acceptors (Lipinski definition) is 8. The van der Waals surface area contributed by atoms with Crippen molar-refractivity contribution in [2.24, 2.45) is 0 Å². The largest absolute Gasteiger partial charge is 0.481 e. The summed E-state index contributed by atoms with van der Waals surface area (Å²) in [4.78, 5) is 33.2. The molecule has 0 spiro atoms. The number of carbonyl (C=O) groups excluding carboxylic acids is 2. The summed E-state index contributed by atoms with van der Waals surface area (Å²) in [6.45, 7) is 6.84. The zero-order chi connectivity index (χ0) is 23.2. The van der Waals surface area contributed by atoms with Gasteiger partial charge in [0.05, 0.1) is 20.3 Å². The number of nitrogens with one attached hydrogen (secondary N) is 1. The van der Waals surface area contributed by atoms with Crippen LogP contribution in [0.4, 0.5) is 4.39 Å². The Balaban J connectivity index is 2.32. The zero-order valence-corrected chi connectivity index (χ0v) is 18.3. The second-order valence-corrected chi connectivity index (χ2v) is 7.42. The third kappa shape index (κ3) is 6.53. The second kappa shape index (κ2) is 10.1. The Morgan fingerprint density at radius 1 is 1.13 bits per heavy atom. The number of ether oxygens (including phenoxy) is 4. The summed E-state index contributed by atoms with van der Waals surface area (Å²) in [6, 6.07) is 4.09. The van der Waals surface area contributed by atoms with E-state index in [9.17, 15) is 14.0 Å². The van der Waals surface area contributed by atoms with Crippen molar-refractivity contribution >= 4 is 11.9 Å². The van der Waals surface area contributed by atoms with Gasteiger partial charge in [-0.1, -0.05) is 13.0 Å². The normalized spacial score (nSPS) is 12.0. The summed E-state index contributed by atoms with van der Waals surface area (Å²) in [6.07, 6.45) is 0.251. The maximum Gasteiger partial charge on any atom is 0.329 e. The SMILES string of the molecule is CC[C@H](NC(=O)c1c(F)cccc1Oc1nc(OC)cc(OC)n1)C(=O)OC(C)(C)C. The Labute approximate surface area is 179 Å². The van der Waals surface area contributed by atoms with Gasteiger partial charge in [0.25, 0.3) is 5.91 Å². The number of rotatable bonds is 8. The van der Waals surface area contributed by atoms with Crippen LogP contribution >= 0.6 is 0 Å². The molecule has 1 heterocycles. The second-order valence-electron chi connectivity index (χ2n) is 7.42. The van der Waals surface area contributed by atoms with Crippen LogP contribution in [0.2, 0.25) is 0 Å². The molecular formula is C21H26FN3O6. The van der Waals surface area contributed by atoms with Gasteiger partial charge in [-0.3, -0.25) is 4.79 Å². The molecule has 1 atom stereocenters. The van der Waals surface area contributed by atoms with Gasteiger partial charge < -0.3 is 24.3 Å². The van der Waals surface area contributed by atoms with Crippen LogP contribution in [0.5, 0.6) is 23.5 Å². The fraction of sp³-hybridized carbons (Fsp3) is 0.429. The molecule has 31 heavy (non-hydrogen) atoms. The van der Waals surface area contributed by atoms with Crippen molar-refractivity contribution in [1.29, 1.82) is 0 Å². The Bertz CT molecular complexity index is 923. The molecule has 1 aromatic carbocycles. The lowest BCUT2D eigenvalue weighted by atomic mass is 10.1. The van der Waals surface area contributed by atoms with Crippen LogP contribution in [0.15, 0.2) is 24.3 Å². The van der Waals surface area contributed by atoms with E-state index in [1.165, 1.54) is 32.4 Å². The highest BCUT2D eigenvalue weighted by atomic mass is 19.1. The first-order valence-electron chi connectivity index (χ1n) is 9.55. The van der Waals surface area contributed by atoms with Crippen LogP contribution in [-0.2, 0) is 9.53 Å². The molecule has 9 nitrogen and oxygen atoms in total. The van der Waals surface area contributed by atoms with Crippen molar-refractivity contribution in [2.45, 2.75) is 45.8 Å². The molecule has 1 N–H and O–H groups in total. The van der Waals surface area contributed by atoms with Crippen LogP contribution in [0.25, 0.3) is 0 Å². The highest BCUT2D eigenvalue weighted by Crippen LogP contribution is 2.28. The quantitative estimate of drug-likeness (QED) is 0.630. The van der Waals surface area contributed by atoms with Crippen molar-refractivity contribution < 1.29 is 32.9 Å². The molecule has 0 aliphatic carbocycles. The minimum Gasteiger partial charge on any atom is -0.481 e. The van der Waals surface area contributed by atoms with Crippen molar-refractivity contribution in [3.63, 3.8) is 0 Å². The lowest BCUT2D eigenvalue weighted by Crippen LogP contribution is -2.44. The monoisotopic (exact) mass is 435 g/mol. The number of nitrogens with zero attached hydrogens (tertiary/aromatic N) is 2. The topological polar surface area (TPSA) is 109 Å². The van der Waals surface area contributed by atoms with E-state index >= 15 is 0 Å². The minimum absolute atomic E-state index is 0.146. The molecule has 0 unspecified atom stereocenters. The van der Waals surface area contributed by atoms with Gasteiger partial charge in [0.15, 0.2) is 0 Å². The number of hydrogen-bond donors (Lipinski definition) is 1. The molecule has 0 fully saturated rings. The molecule has 2 aromatic rings. The predicted molar refractivity (Wildman–Crippen MR) is 109 cm³/mol. The molecule has 2 rings (SSSR count). The van der Waals surface area contributed by atoms with E-state index in [1.807, 2.05) is 0 Å². The molecule has 0 saturated heterocycles. The van der Waals surface area contributed by atoms with Gasteiger partial charge in [0.2, 0.25) is 11.8 Å². The van der Waals surface area contributed by atoms with Gasteiger partial charge in [-0.15, -0.1) is 0 Å². The summed E-state index contributed by atoms with van der Waals surface area (Å²) in [5, 5.41) is 2.49. The third-order valence-electron chi connectivity index (χ3n) is 3.89. The van der Waals surface area contributed by atoms with Crippen molar-refractivity contribution in [3.05, 3.63) is 35.6 Å². The van der Waals surface area contributed by atoms with Gasteiger partial charge in [-0.2, -0.15) is 9.97 Å². The maximum atomic E-state index is 14.6. The molecule has 0 radical (unpaired) electrons. The first kappa shape index (κ1) is 23.8. The Kier molecular flexibility index (Phi) is 7.73. The molecule has 0 saturated carbocycles. The maximum absolute atomic E-state index is 14.6. The number of carbonyl (C=O) groups is 2. The van der Waals surface area contributed by atoms with Crippen molar-refractivity contribution in [1.82, 2.24) is 15.3 Å². The lowest BCUT2D eigenvalue weighted by molar-refractivity contribution is -0.157. The van der Waals surface area contributed by atoms with Crippen LogP contribution in [0.1, 0.15) is 44.5 Å². The first-order chi connectivity index (χ1) is 14.6. The van der Waals surface area contributed by atoms with E-state index < -0.39 is 34.9 Å². The van der Waals surface area contributed by atoms with E-state index in [2.05, 4.69) is 15.3 Å². The van der Waals surface area contributed by atoms with Gasteiger partial charge in [-0.25, -0.2) is 9.18 Å². The average molecular weight is 435 g/mol. The Morgan fingerprint density at radius 2 is 1.74 bits per heavy atom. The van der Waals surface area contributed by atoms with Gasteiger partial charge in [0.1, 0.15) is 28.8 Å².